The standard InChI is InChI=1S/C19H21N5/c1-2-7-16(8-3-1)9-6-12-21-18-13-19(24-15-23-18)22-14-17-10-4-5-11-20-17/h1-5,7-8,10-11,13,15H,6,9,12,14H2,(H2,21,22,23,24). The highest BCUT2D eigenvalue weighted by Crippen LogP contribution is 2.10. The third-order valence-corrected chi connectivity index (χ3v) is 3.64. The number of hydrogen-bond donors (Lipinski definition) is 2. The smallest absolute Gasteiger partial charge is 0.131 e. The SMILES string of the molecule is c1ccc(CCCNc2cc(NCc3ccccn3)ncn2)cc1. The number of rotatable bonds is 8. The predicted molar refractivity (Wildman–Crippen MR) is 96.8 cm³/mol. The van der Waals surface area contributed by atoms with E-state index in [1.165, 1.54) is 5.56 Å². The fraction of sp³-hybridized carbons (Fsp3) is 0.211. The Balaban J connectivity index is 1.45. The molecule has 0 atom stereocenters. The molecule has 24 heavy (non-hydrogen) atoms. The Kier molecular flexibility index (Phi) is 5.72. The molecule has 2 aromatic heterocycles. The topological polar surface area (TPSA) is 62.7 Å². The number of benzene rings is 1. The van der Waals surface area contributed by atoms with E-state index in [1.807, 2.05) is 30.3 Å². The quantitative estimate of drug-likeness (QED) is 0.622. The molecule has 3 aromatic rings. The van der Waals surface area contributed by atoms with Gasteiger partial charge in [-0.05, 0) is 30.5 Å². The summed E-state index contributed by atoms with van der Waals surface area (Å²) in [6.07, 6.45) is 5.48. The molecule has 0 saturated heterocycles. The third kappa shape index (κ3) is 5.05. The molecule has 5 heteroatoms. The van der Waals surface area contributed by atoms with Crippen LogP contribution in [0.4, 0.5) is 11.6 Å². The Labute approximate surface area is 142 Å². The van der Waals surface area contributed by atoms with Crippen LogP contribution in [0, 0.1) is 0 Å². The van der Waals surface area contributed by atoms with Crippen molar-refractivity contribution < 1.29 is 0 Å². The molecule has 3 rings (SSSR count). The molecule has 0 radical (unpaired) electrons. The lowest BCUT2D eigenvalue weighted by Gasteiger charge is -2.08. The van der Waals surface area contributed by atoms with Gasteiger partial charge in [0.25, 0.3) is 0 Å². The van der Waals surface area contributed by atoms with Gasteiger partial charge < -0.3 is 10.6 Å². The first-order chi connectivity index (χ1) is 11.9. The van der Waals surface area contributed by atoms with Gasteiger partial charge >= 0.3 is 0 Å². The molecule has 0 fully saturated rings. The monoisotopic (exact) mass is 319 g/mol. The van der Waals surface area contributed by atoms with E-state index >= 15 is 0 Å². The van der Waals surface area contributed by atoms with Gasteiger partial charge in [-0.1, -0.05) is 36.4 Å². The van der Waals surface area contributed by atoms with Crippen LogP contribution in [0.15, 0.2) is 67.1 Å². The summed E-state index contributed by atoms with van der Waals surface area (Å²) in [5, 5.41) is 6.61. The summed E-state index contributed by atoms with van der Waals surface area (Å²) >= 11 is 0. The molecule has 5 nitrogen and oxygen atoms in total. The summed E-state index contributed by atoms with van der Waals surface area (Å²) in [7, 11) is 0. The second-order valence-electron chi connectivity index (χ2n) is 5.48. The zero-order chi connectivity index (χ0) is 16.5. The molecule has 2 heterocycles. The van der Waals surface area contributed by atoms with Crippen LogP contribution >= 0.6 is 0 Å². The minimum atomic E-state index is 0.644. The zero-order valence-electron chi connectivity index (χ0n) is 13.5. The van der Waals surface area contributed by atoms with E-state index in [1.54, 1.807) is 12.5 Å². The molecule has 0 unspecified atom stereocenters. The summed E-state index contributed by atoms with van der Waals surface area (Å²) in [6, 6.07) is 18.3. The van der Waals surface area contributed by atoms with Crippen LogP contribution in [0.1, 0.15) is 17.7 Å². The molecule has 0 aliphatic heterocycles. The second-order valence-corrected chi connectivity index (χ2v) is 5.48. The summed E-state index contributed by atoms with van der Waals surface area (Å²) < 4.78 is 0. The second kappa shape index (κ2) is 8.62. The molecule has 122 valence electrons. The maximum atomic E-state index is 4.28. The molecule has 0 aliphatic rings. The number of aryl methyl sites for hydroxylation is 1. The van der Waals surface area contributed by atoms with Gasteiger partial charge in [-0.3, -0.25) is 4.98 Å². The Morgan fingerprint density at radius 2 is 1.58 bits per heavy atom. The van der Waals surface area contributed by atoms with Crippen molar-refractivity contribution in [3.05, 3.63) is 78.4 Å². The zero-order valence-corrected chi connectivity index (χ0v) is 13.5. The number of anilines is 2. The van der Waals surface area contributed by atoms with Gasteiger partial charge in [-0.25, -0.2) is 9.97 Å². The average Bonchev–Trinajstić information content (AvgIpc) is 2.66. The molecule has 0 aliphatic carbocycles. The fourth-order valence-electron chi connectivity index (χ4n) is 2.39. The molecule has 1 aromatic carbocycles. The number of aromatic nitrogens is 3. The maximum absolute atomic E-state index is 4.28. The van der Waals surface area contributed by atoms with E-state index < -0.39 is 0 Å². The number of hydrogen-bond acceptors (Lipinski definition) is 5. The molecule has 2 N–H and O–H groups in total. The molecule has 0 saturated carbocycles. The van der Waals surface area contributed by atoms with Crippen molar-refractivity contribution in [2.75, 3.05) is 17.2 Å². The number of pyridine rings is 1. The largest absolute Gasteiger partial charge is 0.370 e. The van der Waals surface area contributed by atoms with Crippen molar-refractivity contribution in [3.8, 4) is 0 Å². The minimum absolute atomic E-state index is 0.644. The Morgan fingerprint density at radius 1 is 0.792 bits per heavy atom. The summed E-state index contributed by atoms with van der Waals surface area (Å²) in [6.45, 7) is 1.52. The van der Waals surface area contributed by atoms with Gasteiger partial charge in [-0.15, -0.1) is 0 Å². The van der Waals surface area contributed by atoms with Crippen LogP contribution in [-0.4, -0.2) is 21.5 Å². The van der Waals surface area contributed by atoms with E-state index in [0.717, 1.165) is 36.7 Å². The van der Waals surface area contributed by atoms with E-state index in [9.17, 15) is 0 Å². The molecule has 0 bridgehead atoms. The van der Waals surface area contributed by atoms with Gasteiger partial charge in [0.05, 0.1) is 12.2 Å². The van der Waals surface area contributed by atoms with Crippen LogP contribution in [0.3, 0.4) is 0 Å². The Hall–Kier alpha value is -2.95. The first-order valence-corrected chi connectivity index (χ1v) is 8.14. The lowest BCUT2D eigenvalue weighted by Crippen LogP contribution is -2.07. The van der Waals surface area contributed by atoms with Crippen molar-refractivity contribution in [1.82, 2.24) is 15.0 Å². The maximum Gasteiger partial charge on any atom is 0.131 e. The molecular weight excluding hydrogens is 298 g/mol. The summed E-state index contributed by atoms with van der Waals surface area (Å²) in [4.78, 5) is 12.8. The first kappa shape index (κ1) is 15.9. The van der Waals surface area contributed by atoms with Gasteiger partial charge in [0.15, 0.2) is 0 Å². The number of nitrogens with zero attached hydrogens (tertiary/aromatic N) is 3. The highest BCUT2D eigenvalue weighted by atomic mass is 15.1. The van der Waals surface area contributed by atoms with Crippen LogP contribution in [0.25, 0.3) is 0 Å². The lowest BCUT2D eigenvalue weighted by atomic mass is 10.1. The Bertz CT molecular complexity index is 731. The highest BCUT2D eigenvalue weighted by molar-refractivity contribution is 5.46. The summed E-state index contributed by atoms with van der Waals surface area (Å²) in [5.41, 5.74) is 2.34. The van der Waals surface area contributed by atoms with Gasteiger partial charge in [0, 0.05) is 18.8 Å². The highest BCUT2D eigenvalue weighted by Gasteiger charge is 2.00. The van der Waals surface area contributed by atoms with Crippen molar-refractivity contribution >= 4 is 11.6 Å². The first-order valence-electron chi connectivity index (χ1n) is 8.14. The van der Waals surface area contributed by atoms with Gasteiger partial charge in [0.2, 0.25) is 0 Å². The third-order valence-electron chi connectivity index (χ3n) is 3.64. The van der Waals surface area contributed by atoms with Crippen molar-refractivity contribution in [2.45, 2.75) is 19.4 Å². The van der Waals surface area contributed by atoms with Gasteiger partial charge in [-0.2, -0.15) is 0 Å². The van der Waals surface area contributed by atoms with E-state index in [-0.39, 0.29) is 0 Å². The Morgan fingerprint density at radius 3 is 2.38 bits per heavy atom. The molecule has 0 amide bonds. The minimum Gasteiger partial charge on any atom is -0.370 e. The fourth-order valence-corrected chi connectivity index (χ4v) is 2.39. The van der Waals surface area contributed by atoms with Crippen molar-refractivity contribution in [3.63, 3.8) is 0 Å². The van der Waals surface area contributed by atoms with Gasteiger partial charge in [0.1, 0.15) is 18.0 Å². The van der Waals surface area contributed by atoms with Crippen LogP contribution < -0.4 is 10.6 Å². The van der Waals surface area contributed by atoms with Crippen molar-refractivity contribution in [2.24, 2.45) is 0 Å². The summed E-state index contributed by atoms with van der Waals surface area (Å²) in [5.74, 6) is 1.63. The average molecular weight is 319 g/mol. The molecular formula is C19H21N5. The molecule has 0 spiro atoms. The van der Waals surface area contributed by atoms with Crippen LogP contribution in [-0.2, 0) is 13.0 Å². The number of nitrogens with one attached hydrogen (secondary N) is 2. The predicted octanol–water partition coefficient (Wildman–Crippen LogP) is 3.53. The van der Waals surface area contributed by atoms with Crippen LogP contribution in [0.5, 0.6) is 0 Å². The van der Waals surface area contributed by atoms with E-state index in [0.29, 0.717) is 6.54 Å². The van der Waals surface area contributed by atoms with Crippen LogP contribution in [0.2, 0.25) is 0 Å². The lowest BCUT2D eigenvalue weighted by molar-refractivity contribution is 0.858. The van der Waals surface area contributed by atoms with Crippen molar-refractivity contribution in [1.29, 1.82) is 0 Å². The van der Waals surface area contributed by atoms with E-state index in [4.69, 9.17) is 0 Å². The normalized spacial score (nSPS) is 10.3. The van der Waals surface area contributed by atoms with E-state index in [2.05, 4.69) is 49.9 Å².